The third-order valence-corrected chi connectivity index (χ3v) is 1.67. The van der Waals surface area contributed by atoms with Crippen molar-refractivity contribution < 1.29 is 0 Å². The predicted molar refractivity (Wildman–Crippen MR) is 49.8 cm³/mol. The first-order valence-corrected chi connectivity index (χ1v) is 4.10. The molecule has 4 heteroatoms. The zero-order chi connectivity index (χ0) is 8.97. The van der Waals surface area contributed by atoms with Crippen LogP contribution in [0.1, 0.15) is 6.42 Å². The summed E-state index contributed by atoms with van der Waals surface area (Å²) >= 11 is 0. The number of nitrogens with zero attached hydrogens (tertiary/aromatic N) is 3. The molecule has 68 valence electrons. The van der Waals surface area contributed by atoms with Crippen molar-refractivity contribution in [2.75, 3.05) is 26.4 Å². The molecule has 1 aromatic rings. The van der Waals surface area contributed by atoms with E-state index in [1.54, 1.807) is 6.33 Å². The van der Waals surface area contributed by atoms with Crippen molar-refractivity contribution in [2.45, 2.75) is 13.0 Å². The molecule has 0 aromatic carbocycles. The summed E-state index contributed by atoms with van der Waals surface area (Å²) in [4.78, 5) is 6.11. The number of nitrogen functional groups attached to an aromatic ring is 1. The highest BCUT2D eigenvalue weighted by atomic mass is 15.1. The van der Waals surface area contributed by atoms with Gasteiger partial charge >= 0.3 is 0 Å². The lowest BCUT2D eigenvalue weighted by molar-refractivity contribution is 0.386. The van der Waals surface area contributed by atoms with E-state index >= 15 is 0 Å². The van der Waals surface area contributed by atoms with Gasteiger partial charge in [-0.3, -0.25) is 0 Å². The molecule has 2 N–H and O–H groups in total. The SMILES string of the molecule is CN(C)CCCn1cnc(N)c1. The summed E-state index contributed by atoms with van der Waals surface area (Å²) in [6, 6.07) is 0. The quantitative estimate of drug-likeness (QED) is 0.708. The molecule has 0 radical (unpaired) electrons. The van der Waals surface area contributed by atoms with Crippen LogP contribution in [0.15, 0.2) is 12.5 Å². The molecule has 12 heavy (non-hydrogen) atoms. The number of hydrogen-bond donors (Lipinski definition) is 1. The summed E-state index contributed by atoms with van der Waals surface area (Å²) in [6.45, 7) is 2.08. The summed E-state index contributed by atoms with van der Waals surface area (Å²) in [7, 11) is 4.14. The average Bonchev–Trinajstić information content (AvgIpc) is 2.35. The predicted octanol–water partition coefficient (Wildman–Crippen LogP) is 0.417. The molecule has 0 saturated heterocycles. The number of rotatable bonds is 4. The van der Waals surface area contributed by atoms with Crippen LogP contribution in [0.3, 0.4) is 0 Å². The first-order valence-electron chi connectivity index (χ1n) is 4.10. The van der Waals surface area contributed by atoms with Gasteiger partial charge in [0.05, 0.1) is 6.33 Å². The Hall–Kier alpha value is -1.03. The smallest absolute Gasteiger partial charge is 0.141 e. The van der Waals surface area contributed by atoms with Crippen molar-refractivity contribution >= 4 is 5.82 Å². The fraction of sp³-hybridized carbons (Fsp3) is 0.625. The number of aromatic nitrogens is 2. The normalized spacial score (nSPS) is 10.9. The van der Waals surface area contributed by atoms with Gasteiger partial charge in [0.1, 0.15) is 5.82 Å². The number of hydrogen-bond acceptors (Lipinski definition) is 3. The Labute approximate surface area is 73.0 Å². The van der Waals surface area contributed by atoms with E-state index in [-0.39, 0.29) is 0 Å². The maximum atomic E-state index is 5.47. The monoisotopic (exact) mass is 168 g/mol. The van der Waals surface area contributed by atoms with Crippen LogP contribution in [-0.4, -0.2) is 35.1 Å². The largest absolute Gasteiger partial charge is 0.382 e. The van der Waals surface area contributed by atoms with Crippen molar-refractivity contribution in [1.82, 2.24) is 14.5 Å². The molecule has 1 rings (SSSR count). The zero-order valence-electron chi connectivity index (χ0n) is 7.70. The minimum atomic E-state index is 0.597. The van der Waals surface area contributed by atoms with Crippen molar-refractivity contribution in [3.05, 3.63) is 12.5 Å². The minimum absolute atomic E-state index is 0.597. The van der Waals surface area contributed by atoms with Crippen LogP contribution in [0, 0.1) is 0 Å². The molecule has 0 saturated carbocycles. The van der Waals surface area contributed by atoms with E-state index in [2.05, 4.69) is 24.0 Å². The second kappa shape index (κ2) is 4.11. The highest BCUT2D eigenvalue weighted by molar-refractivity contribution is 5.22. The number of anilines is 1. The Kier molecular flexibility index (Phi) is 3.10. The van der Waals surface area contributed by atoms with Gasteiger partial charge in [-0.2, -0.15) is 0 Å². The first kappa shape index (κ1) is 9.06. The first-order chi connectivity index (χ1) is 5.68. The molecular weight excluding hydrogens is 152 g/mol. The Morgan fingerprint density at radius 2 is 2.33 bits per heavy atom. The molecule has 1 aromatic heterocycles. The highest BCUT2D eigenvalue weighted by Crippen LogP contribution is 1.97. The number of nitrogens with two attached hydrogens (primary N) is 1. The van der Waals surface area contributed by atoms with E-state index in [0.717, 1.165) is 19.5 Å². The van der Waals surface area contributed by atoms with Gasteiger partial charge in [0.2, 0.25) is 0 Å². The van der Waals surface area contributed by atoms with E-state index in [1.165, 1.54) is 0 Å². The van der Waals surface area contributed by atoms with Crippen LogP contribution in [0.25, 0.3) is 0 Å². The van der Waals surface area contributed by atoms with E-state index in [4.69, 9.17) is 5.73 Å². The van der Waals surface area contributed by atoms with E-state index in [1.807, 2.05) is 10.8 Å². The summed E-state index contributed by atoms with van der Waals surface area (Å²) in [6.07, 6.45) is 4.75. The van der Waals surface area contributed by atoms with Crippen LogP contribution < -0.4 is 5.73 Å². The van der Waals surface area contributed by atoms with E-state index in [9.17, 15) is 0 Å². The summed E-state index contributed by atoms with van der Waals surface area (Å²) in [5.74, 6) is 0.597. The van der Waals surface area contributed by atoms with Gasteiger partial charge in [-0.25, -0.2) is 4.98 Å². The maximum absolute atomic E-state index is 5.47. The third-order valence-electron chi connectivity index (χ3n) is 1.67. The summed E-state index contributed by atoms with van der Waals surface area (Å²) < 4.78 is 2.01. The topological polar surface area (TPSA) is 47.1 Å². The van der Waals surface area contributed by atoms with Gasteiger partial charge in [0.15, 0.2) is 0 Å². The zero-order valence-corrected chi connectivity index (χ0v) is 7.70. The lowest BCUT2D eigenvalue weighted by Crippen LogP contribution is -2.14. The molecule has 0 aliphatic rings. The van der Waals surface area contributed by atoms with Crippen molar-refractivity contribution in [1.29, 1.82) is 0 Å². The fourth-order valence-corrected chi connectivity index (χ4v) is 1.07. The fourth-order valence-electron chi connectivity index (χ4n) is 1.07. The number of aryl methyl sites for hydroxylation is 1. The molecule has 0 aliphatic heterocycles. The van der Waals surface area contributed by atoms with E-state index < -0.39 is 0 Å². The molecule has 4 nitrogen and oxygen atoms in total. The minimum Gasteiger partial charge on any atom is -0.382 e. The van der Waals surface area contributed by atoms with Gasteiger partial charge in [0, 0.05) is 12.7 Å². The second-order valence-corrected chi connectivity index (χ2v) is 3.19. The molecule has 0 bridgehead atoms. The van der Waals surface area contributed by atoms with Gasteiger partial charge < -0.3 is 15.2 Å². The summed E-state index contributed by atoms with van der Waals surface area (Å²) in [5, 5.41) is 0. The Morgan fingerprint density at radius 3 is 2.83 bits per heavy atom. The highest BCUT2D eigenvalue weighted by Gasteiger charge is 1.94. The van der Waals surface area contributed by atoms with Crippen LogP contribution >= 0.6 is 0 Å². The maximum Gasteiger partial charge on any atom is 0.141 e. The molecule has 1 heterocycles. The van der Waals surface area contributed by atoms with Gasteiger partial charge in [-0.15, -0.1) is 0 Å². The van der Waals surface area contributed by atoms with Gasteiger partial charge in [-0.05, 0) is 27.1 Å². The van der Waals surface area contributed by atoms with Gasteiger partial charge in [-0.1, -0.05) is 0 Å². The lowest BCUT2D eigenvalue weighted by atomic mass is 10.4. The van der Waals surface area contributed by atoms with Crippen LogP contribution in [0.4, 0.5) is 5.82 Å². The molecule has 0 amide bonds. The molecule has 0 spiro atoms. The van der Waals surface area contributed by atoms with Crippen molar-refractivity contribution in [3.8, 4) is 0 Å². The molecule has 0 atom stereocenters. The Bertz CT molecular complexity index is 229. The van der Waals surface area contributed by atoms with Crippen molar-refractivity contribution in [2.24, 2.45) is 0 Å². The van der Waals surface area contributed by atoms with Gasteiger partial charge in [0.25, 0.3) is 0 Å². The molecule has 0 unspecified atom stereocenters. The average molecular weight is 168 g/mol. The summed E-state index contributed by atoms with van der Waals surface area (Å²) in [5.41, 5.74) is 5.47. The molecular formula is C8H16N4. The molecule has 0 fully saturated rings. The van der Waals surface area contributed by atoms with Crippen LogP contribution in [0.5, 0.6) is 0 Å². The van der Waals surface area contributed by atoms with Crippen LogP contribution in [0.2, 0.25) is 0 Å². The lowest BCUT2D eigenvalue weighted by Gasteiger charge is -2.08. The third kappa shape index (κ3) is 2.92. The number of imidazole rings is 1. The van der Waals surface area contributed by atoms with E-state index in [0.29, 0.717) is 5.82 Å². The van der Waals surface area contributed by atoms with Crippen molar-refractivity contribution in [3.63, 3.8) is 0 Å². The molecule has 0 aliphatic carbocycles. The standard InChI is InChI=1S/C8H16N4/c1-11(2)4-3-5-12-6-8(9)10-7-12/h6-7H,3-5,9H2,1-2H3. The van der Waals surface area contributed by atoms with Crippen LogP contribution in [-0.2, 0) is 6.54 Å². The Morgan fingerprint density at radius 1 is 1.58 bits per heavy atom. The second-order valence-electron chi connectivity index (χ2n) is 3.19. The Balaban J connectivity index is 2.24.